The van der Waals surface area contributed by atoms with Crippen molar-refractivity contribution in [3.63, 3.8) is 0 Å². The Morgan fingerprint density at radius 1 is 0.727 bits per heavy atom. The van der Waals surface area contributed by atoms with Gasteiger partial charge in [0, 0.05) is 18.8 Å². The molecule has 0 heterocycles. The minimum atomic E-state index is -1.23. The lowest BCUT2D eigenvalue weighted by atomic mass is 9.98. The van der Waals surface area contributed by atoms with Gasteiger partial charge in [0.2, 0.25) is 5.91 Å². The maximum absolute atomic E-state index is 13.0. The van der Waals surface area contributed by atoms with Gasteiger partial charge in [-0.05, 0) is 76.6 Å². The molecule has 0 saturated carbocycles. The van der Waals surface area contributed by atoms with Gasteiger partial charge in [0.05, 0.1) is 0 Å². The fraction of sp³-hybridized carbons (Fsp3) is 0.485. The van der Waals surface area contributed by atoms with Gasteiger partial charge < -0.3 is 30.0 Å². The van der Waals surface area contributed by atoms with E-state index in [1.807, 2.05) is 48.5 Å². The van der Waals surface area contributed by atoms with Crippen molar-refractivity contribution >= 4 is 29.9 Å². The minimum absolute atomic E-state index is 0.0303. The topological polar surface area (TPSA) is 157 Å². The number of carbonyl (C=O) groups is 5. The third kappa shape index (κ3) is 10.1. The highest BCUT2D eigenvalue weighted by Crippen LogP contribution is 2.44. The van der Waals surface area contributed by atoms with Gasteiger partial charge in [0.1, 0.15) is 29.9 Å². The number of esters is 2. The highest BCUT2D eigenvalue weighted by atomic mass is 16.6. The second kappa shape index (κ2) is 14.4. The first kappa shape index (κ1) is 34.1. The van der Waals surface area contributed by atoms with Crippen LogP contribution < -0.4 is 10.6 Å². The van der Waals surface area contributed by atoms with Crippen LogP contribution in [0.3, 0.4) is 0 Å². The highest BCUT2D eigenvalue weighted by molar-refractivity contribution is 5.86. The summed E-state index contributed by atoms with van der Waals surface area (Å²) in [6, 6.07) is 13.4. The number of amides is 2. The lowest BCUT2D eigenvalue weighted by molar-refractivity contribution is -0.160. The predicted molar refractivity (Wildman–Crippen MR) is 162 cm³/mol. The number of nitrogens with one attached hydrogen (secondary N) is 2. The summed E-state index contributed by atoms with van der Waals surface area (Å²) >= 11 is 0. The summed E-state index contributed by atoms with van der Waals surface area (Å²) < 4.78 is 16.4. The largest absolute Gasteiger partial charge is 0.481 e. The van der Waals surface area contributed by atoms with Gasteiger partial charge in [-0.15, -0.1) is 0 Å². The Morgan fingerprint density at radius 3 is 1.66 bits per heavy atom. The van der Waals surface area contributed by atoms with Crippen LogP contribution in [0.5, 0.6) is 0 Å². The van der Waals surface area contributed by atoms with Crippen LogP contribution >= 0.6 is 0 Å². The number of hydrogen-bond donors (Lipinski definition) is 3. The molecule has 2 atom stereocenters. The van der Waals surface area contributed by atoms with Gasteiger partial charge in [-0.3, -0.25) is 9.59 Å². The Bertz CT molecular complexity index is 1330. The summed E-state index contributed by atoms with van der Waals surface area (Å²) in [7, 11) is 0. The van der Waals surface area contributed by atoms with Crippen molar-refractivity contribution in [3.05, 3.63) is 59.7 Å². The third-order valence-electron chi connectivity index (χ3n) is 6.66. The summed E-state index contributed by atoms with van der Waals surface area (Å²) in [4.78, 5) is 62.5. The van der Waals surface area contributed by atoms with E-state index in [9.17, 15) is 24.0 Å². The van der Waals surface area contributed by atoms with Crippen LogP contribution in [0.1, 0.15) is 84.3 Å². The Morgan fingerprint density at radius 2 is 1.18 bits per heavy atom. The molecule has 0 fully saturated rings. The molecule has 3 N–H and O–H groups in total. The molecule has 0 unspecified atom stereocenters. The molecule has 11 nitrogen and oxygen atoms in total. The molecule has 0 aromatic heterocycles. The maximum Gasteiger partial charge on any atom is 0.407 e. The summed E-state index contributed by atoms with van der Waals surface area (Å²) in [5.41, 5.74) is 2.50. The van der Waals surface area contributed by atoms with Crippen LogP contribution in [0.15, 0.2) is 48.5 Å². The van der Waals surface area contributed by atoms with Gasteiger partial charge in [-0.2, -0.15) is 0 Å². The van der Waals surface area contributed by atoms with Crippen LogP contribution in [0.4, 0.5) is 4.79 Å². The average molecular weight is 611 g/mol. The van der Waals surface area contributed by atoms with Crippen molar-refractivity contribution in [2.24, 2.45) is 0 Å². The van der Waals surface area contributed by atoms with Crippen molar-refractivity contribution in [1.29, 1.82) is 0 Å². The standard InChI is InChI=1S/C33H42N2O9/c1-32(2,3)43-29(39)25(16-18-28(37)38)34-27(36)17-15-26(30(40)44-33(4,5)6)35-31(41)42-19-24-22-13-9-7-11-20(22)21-12-8-10-14-23(21)24/h7-14,24-26H,15-19H2,1-6H3,(H,34,36)(H,35,41)(H,37,38)/t25-,26-/m0/s1. The molecular weight excluding hydrogens is 568 g/mol. The molecule has 3 rings (SSSR count). The molecule has 0 radical (unpaired) electrons. The van der Waals surface area contributed by atoms with E-state index in [-0.39, 0.29) is 38.2 Å². The molecule has 44 heavy (non-hydrogen) atoms. The minimum Gasteiger partial charge on any atom is -0.481 e. The summed E-state index contributed by atoms with van der Waals surface area (Å²) in [6.07, 6.45) is -1.83. The van der Waals surface area contributed by atoms with Crippen LogP contribution in [-0.4, -0.2) is 64.9 Å². The number of fused-ring (bicyclic) bond motifs is 3. The Labute approximate surface area is 257 Å². The summed E-state index contributed by atoms with van der Waals surface area (Å²) in [5.74, 6) is -3.48. The van der Waals surface area contributed by atoms with Gasteiger partial charge in [0.15, 0.2) is 0 Å². The highest BCUT2D eigenvalue weighted by Gasteiger charge is 2.32. The second-order valence-corrected chi connectivity index (χ2v) is 12.7. The summed E-state index contributed by atoms with van der Waals surface area (Å²) in [6.45, 7) is 10.0. The first-order valence-corrected chi connectivity index (χ1v) is 14.6. The lowest BCUT2D eigenvalue weighted by Crippen LogP contribution is -2.47. The quantitative estimate of drug-likeness (QED) is 0.229. The number of aliphatic carboxylic acids is 1. The van der Waals surface area contributed by atoms with E-state index in [1.165, 1.54) is 0 Å². The fourth-order valence-corrected chi connectivity index (χ4v) is 4.84. The van der Waals surface area contributed by atoms with Crippen molar-refractivity contribution < 1.29 is 43.3 Å². The van der Waals surface area contributed by atoms with Gasteiger partial charge in [-0.1, -0.05) is 48.5 Å². The zero-order chi connectivity index (χ0) is 32.7. The number of ether oxygens (including phenoxy) is 3. The molecule has 0 bridgehead atoms. The van der Waals surface area contributed by atoms with E-state index in [2.05, 4.69) is 10.6 Å². The molecule has 1 aliphatic carbocycles. The van der Waals surface area contributed by atoms with Gasteiger partial charge in [-0.25, -0.2) is 14.4 Å². The smallest absolute Gasteiger partial charge is 0.407 e. The molecule has 0 aliphatic heterocycles. The molecule has 2 aromatic carbocycles. The predicted octanol–water partition coefficient (Wildman–Crippen LogP) is 4.71. The maximum atomic E-state index is 13.0. The number of benzene rings is 2. The first-order valence-electron chi connectivity index (χ1n) is 14.6. The molecule has 1 aliphatic rings. The SMILES string of the molecule is CC(C)(C)OC(=O)[C@H](CCC(=O)O)NC(=O)CC[C@H](NC(=O)OCC1c2ccccc2-c2ccccc21)C(=O)OC(C)(C)C. The zero-order valence-electron chi connectivity index (χ0n) is 26.1. The molecule has 11 heteroatoms. The van der Waals surface area contributed by atoms with Gasteiger partial charge in [0.25, 0.3) is 0 Å². The van der Waals surface area contributed by atoms with Crippen LogP contribution in [0.25, 0.3) is 11.1 Å². The van der Waals surface area contributed by atoms with Crippen LogP contribution in [0, 0.1) is 0 Å². The number of carboxylic acids is 1. The van der Waals surface area contributed by atoms with E-state index in [1.54, 1.807) is 41.5 Å². The molecule has 238 valence electrons. The second-order valence-electron chi connectivity index (χ2n) is 12.7. The Balaban J connectivity index is 1.66. The fourth-order valence-electron chi connectivity index (χ4n) is 4.84. The Hall–Kier alpha value is -4.41. The average Bonchev–Trinajstić information content (AvgIpc) is 3.23. The van der Waals surface area contributed by atoms with Crippen molar-refractivity contribution in [2.75, 3.05) is 6.61 Å². The van der Waals surface area contributed by atoms with E-state index in [4.69, 9.17) is 19.3 Å². The number of hydrogen-bond acceptors (Lipinski definition) is 8. The number of alkyl carbamates (subject to hydrolysis) is 1. The normalized spacial score (nSPS) is 14.0. The van der Waals surface area contributed by atoms with Crippen LogP contribution in [-0.2, 0) is 33.4 Å². The molecule has 2 aromatic rings. The van der Waals surface area contributed by atoms with E-state index >= 15 is 0 Å². The van der Waals surface area contributed by atoms with E-state index in [0.29, 0.717) is 0 Å². The lowest BCUT2D eigenvalue weighted by Gasteiger charge is -2.25. The van der Waals surface area contributed by atoms with Crippen molar-refractivity contribution in [3.8, 4) is 11.1 Å². The Kier molecular flexibility index (Phi) is 11.1. The van der Waals surface area contributed by atoms with E-state index < -0.39 is 53.2 Å². The van der Waals surface area contributed by atoms with Gasteiger partial charge >= 0.3 is 24.0 Å². The van der Waals surface area contributed by atoms with Crippen LogP contribution in [0.2, 0.25) is 0 Å². The molecular formula is C33H42N2O9. The third-order valence-corrected chi connectivity index (χ3v) is 6.66. The summed E-state index contributed by atoms with van der Waals surface area (Å²) in [5, 5.41) is 14.1. The van der Waals surface area contributed by atoms with E-state index in [0.717, 1.165) is 22.3 Å². The zero-order valence-corrected chi connectivity index (χ0v) is 26.1. The molecule has 0 spiro atoms. The van der Waals surface area contributed by atoms with Crippen molar-refractivity contribution in [1.82, 2.24) is 10.6 Å². The van der Waals surface area contributed by atoms with Crippen molar-refractivity contribution in [2.45, 2.75) is 96.4 Å². The molecule has 2 amide bonds. The number of carbonyl (C=O) groups excluding carboxylic acids is 4. The number of rotatable bonds is 12. The molecule has 0 saturated heterocycles. The number of carboxylic acid groups (broad SMARTS) is 1. The monoisotopic (exact) mass is 610 g/mol. The first-order chi connectivity index (χ1) is 20.5.